The van der Waals surface area contributed by atoms with Crippen LogP contribution in [0.3, 0.4) is 0 Å². The summed E-state index contributed by atoms with van der Waals surface area (Å²) in [5, 5.41) is 31.2. The van der Waals surface area contributed by atoms with Gasteiger partial charge in [-0.1, -0.05) is 38.8 Å². The highest BCUT2D eigenvalue weighted by molar-refractivity contribution is 5.68. The zero-order valence-electron chi connectivity index (χ0n) is 19.3. The first-order valence-corrected chi connectivity index (χ1v) is 12.4. The lowest BCUT2D eigenvalue weighted by atomic mass is 9.41. The van der Waals surface area contributed by atoms with Crippen LogP contribution >= 0.6 is 0 Å². The molecular formula is C26H42O4. The minimum absolute atomic E-state index is 0.109. The molecule has 0 bridgehead atoms. The van der Waals surface area contributed by atoms with Crippen LogP contribution in [-0.2, 0) is 4.79 Å². The molecule has 0 heterocycles. The van der Waals surface area contributed by atoms with Gasteiger partial charge in [-0.2, -0.15) is 0 Å². The summed E-state index contributed by atoms with van der Waals surface area (Å²) in [6.45, 7) is 9.24. The molecule has 0 saturated heterocycles. The van der Waals surface area contributed by atoms with Crippen molar-refractivity contribution in [2.75, 3.05) is 0 Å². The van der Waals surface area contributed by atoms with Gasteiger partial charge in [0, 0.05) is 0 Å². The van der Waals surface area contributed by atoms with Gasteiger partial charge in [0.15, 0.2) is 0 Å². The highest BCUT2D eigenvalue weighted by Crippen LogP contribution is 2.69. The number of aliphatic carboxylic acids is 1. The van der Waals surface area contributed by atoms with Crippen LogP contribution in [0.2, 0.25) is 0 Å². The number of hydrogen-bond acceptors (Lipinski definition) is 3. The van der Waals surface area contributed by atoms with Crippen LogP contribution in [-0.4, -0.2) is 33.5 Å². The van der Waals surface area contributed by atoms with Gasteiger partial charge in [0.1, 0.15) is 0 Å². The summed E-state index contributed by atoms with van der Waals surface area (Å²) in [4.78, 5) is 11.1. The van der Waals surface area contributed by atoms with Crippen molar-refractivity contribution in [3.8, 4) is 0 Å². The number of aliphatic hydroxyl groups excluding tert-OH is 2. The van der Waals surface area contributed by atoms with Crippen molar-refractivity contribution < 1.29 is 20.1 Å². The third kappa shape index (κ3) is 3.28. The van der Waals surface area contributed by atoms with Gasteiger partial charge >= 0.3 is 5.97 Å². The second-order valence-corrected chi connectivity index (χ2v) is 11.6. The molecule has 4 heteroatoms. The maximum Gasteiger partial charge on any atom is 0.307 e. The summed E-state index contributed by atoms with van der Waals surface area (Å²) in [5.41, 5.74) is 1.64. The van der Waals surface area contributed by atoms with Gasteiger partial charge in [0.25, 0.3) is 0 Å². The molecule has 0 unspecified atom stereocenters. The summed E-state index contributed by atoms with van der Waals surface area (Å²) < 4.78 is 0. The molecule has 4 aliphatic carbocycles. The molecule has 0 radical (unpaired) electrons. The number of carbonyl (C=O) groups is 1. The van der Waals surface area contributed by atoms with Gasteiger partial charge in [-0.3, -0.25) is 4.79 Å². The number of carboxylic acids is 1. The molecule has 0 aromatic rings. The van der Waals surface area contributed by atoms with Crippen LogP contribution in [0.25, 0.3) is 0 Å². The number of hydrogen-bond donors (Lipinski definition) is 3. The van der Waals surface area contributed by atoms with Crippen molar-refractivity contribution in [1.82, 2.24) is 0 Å². The molecule has 0 aromatic heterocycles. The number of rotatable bonds is 4. The molecule has 4 saturated carbocycles. The topological polar surface area (TPSA) is 77.8 Å². The number of aliphatic hydroxyl groups is 2. The average molecular weight is 419 g/mol. The van der Waals surface area contributed by atoms with Crippen molar-refractivity contribution >= 4 is 5.97 Å². The molecule has 4 aliphatic rings. The molecule has 0 aromatic carbocycles. The molecule has 10 atom stereocenters. The summed E-state index contributed by atoms with van der Waals surface area (Å²) >= 11 is 0. The smallest absolute Gasteiger partial charge is 0.307 e. The van der Waals surface area contributed by atoms with Crippen LogP contribution in [0.15, 0.2) is 11.6 Å². The Labute approximate surface area is 182 Å². The first-order chi connectivity index (χ1) is 14.1. The Bertz CT molecular complexity index is 701. The van der Waals surface area contributed by atoms with Crippen molar-refractivity contribution in [3.05, 3.63) is 11.6 Å². The monoisotopic (exact) mass is 418 g/mol. The minimum Gasteiger partial charge on any atom is -0.481 e. The van der Waals surface area contributed by atoms with Crippen molar-refractivity contribution in [2.24, 2.45) is 46.3 Å². The van der Waals surface area contributed by atoms with Gasteiger partial charge in [-0.25, -0.2) is 0 Å². The summed E-state index contributed by atoms with van der Waals surface area (Å²) in [7, 11) is 0. The highest BCUT2D eigenvalue weighted by Gasteiger charge is 2.64. The highest BCUT2D eigenvalue weighted by atomic mass is 16.4. The normalized spacial score (nSPS) is 51.1. The van der Waals surface area contributed by atoms with E-state index in [0.717, 1.165) is 44.9 Å². The molecule has 170 valence electrons. The molecule has 0 aliphatic heterocycles. The molecule has 30 heavy (non-hydrogen) atoms. The largest absolute Gasteiger partial charge is 0.481 e. The van der Waals surface area contributed by atoms with E-state index in [0.29, 0.717) is 29.6 Å². The molecule has 4 fully saturated rings. The fourth-order valence-electron chi connectivity index (χ4n) is 9.10. The van der Waals surface area contributed by atoms with Gasteiger partial charge < -0.3 is 15.3 Å². The maximum absolute atomic E-state index is 11.7. The third-order valence-electron chi connectivity index (χ3n) is 10.5. The van der Waals surface area contributed by atoms with E-state index in [1.54, 1.807) is 0 Å². The lowest BCUT2D eigenvalue weighted by Gasteiger charge is -2.64. The Morgan fingerprint density at radius 3 is 2.33 bits per heavy atom. The maximum atomic E-state index is 11.7. The lowest BCUT2D eigenvalue weighted by Crippen LogP contribution is -2.62. The van der Waals surface area contributed by atoms with Crippen LogP contribution < -0.4 is 0 Å². The molecule has 3 N–H and O–H groups in total. The van der Waals surface area contributed by atoms with Crippen LogP contribution in [0, 0.1) is 46.3 Å². The zero-order chi connectivity index (χ0) is 21.8. The summed E-state index contributed by atoms with van der Waals surface area (Å²) in [6, 6.07) is 0. The van der Waals surface area contributed by atoms with Gasteiger partial charge in [0.05, 0.1) is 18.6 Å². The fraction of sp³-hybridized carbons (Fsp3) is 0.885. The first-order valence-electron chi connectivity index (χ1n) is 12.4. The van der Waals surface area contributed by atoms with Crippen molar-refractivity contribution in [1.29, 1.82) is 0 Å². The Hall–Kier alpha value is -0.870. The van der Waals surface area contributed by atoms with Crippen molar-refractivity contribution in [2.45, 2.75) is 97.7 Å². The fourth-order valence-corrected chi connectivity index (χ4v) is 9.10. The Balaban J connectivity index is 1.66. The predicted octanol–water partition coefficient (Wildman–Crippen LogP) is 5.03. The summed E-state index contributed by atoms with van der Waals surface area (Å²) in [5.74, 6) is 1.81. The van der Waals surface area contributed by atoms with E-state index in [2.05, 4.69) is 27.7 Å². The number of fused-ring (bicyclic) bond motifs is 5. The Morgan fingerprint density at radius 1 is 1.00 bits per heavy atom. The zero-order valence-corrected chi connectivity index (χ0v) is 19.3. The molecule has 0 amide bonds. The second kappa shape index (κ2) is 7.92. The lowest BCUT2D eigenvalue weighted by molar-refractivity contribution is -0.201. The van der Waals surface area contributed by atoms with Crippen LogP contribution in [0.1, 0.15) is 85.5 Å². The van der Waals surface area contributed by atoms with E-state index in [9.17, 15) is 15.0 Å². The van der Waals surface area contributed by atoms with Gasteiger partial charge in [-0.05, 0) is 98.2 Å². The first kappa shape index (κ1) is 22.3. The van der Waals surface area contributed by atoms with E-state index in [4.69, 9.17) is 5.11 Å². The van der Waals surface area contributed by atoms with Gasteiger partial charge in [0.2, 0.25) is 0 Å². The molecular weight excluding hydrogens is 376 g/mol. The quantitative estimate of drug-likeness (QED) is 0.559. The van der Waals surface area contributed by atoms with Gasteiger partial charge in [-0.15, -0.1) is 0 Å². The standard InChI is InChI=1S/C26H42O4/c1-5-17-21-14-16(27)10-12-26(21,4)20-11-13-25(3)18(15(2)6-9-22(28)29)7-8-19(25)23(20)24(17)30/h6,16-21,23-24,27,30H,5,7-14H2,1-4H3,(H,28,29)/b15-6-/t16-,17-,18-,19+,20+,21+,23+,24-,25-,26-/m1/s1. The molecule has 0 spiro atoms. The second-order valence-electron chi connectivity index (χ2n) is 11.6. The number of allylic oxidation sites excluding steroid dienone is 1. The van der Waals surface area contributed by atoms with Crippen LogP contribution in [0.5, 0.6) is 0 Å². The van der Waals surface area contributed by atoms with Crippen molar-refractivity contribution in [3.63, 3.8) is 0 Å². The Morgan fingerprint density at radius 2 is 1.67 bits per heavy atom. The van der Waals surface area contributed by atoms with E-state index in [1.807, 2.05) is 6.08 Å². The van der Waals surface area contributed by atoms with E-state index in [1.165, 1.54) is 12.0 Å². The summed E-state index contributed by atoms with van der Waals surface area (Å²) in [6.07, 6.45) is 10.0. The minimum atomic E-state index is -0.760. The Kier molecular flexibility index (Phi) is 5.89. The van der Waals surface area contributed by atoms with Crippen LogP contribution in [0.4, 0.5) is 0 Å². The predicted molar refractivity (Wildman–Crippen MR) is 118 cm³/mol. The SMILES string of the molecule is CC[C@H]1[C@@H](O)[C@@H]2[C@H](CC[C@]3(C)[C@@H](/C(C)=C\CC(=O)O)CC[C@@H]23)[C@@]2(C)CC[C@@H](O)C[C@@H]12. The molecule has 4 nitrogen and oxygen atoms in total. The van der Waals surface area contributed by atoms with E-state index >= 15 is 0 Å². The van der Waals surface area contributed by atoms with E-state index < -0.39 is 5.97 Å². The number of carboxylic acid groups (broad SMARTS) is 1. The molecule has 4 rings (SSSR count). The average Bonchev–Trinajstić information content (AvgIpc) is 3.05. The third-order valence-corrected chi connectivity index (χ3v) is 10.5. The van der Waals surface area contributed by atoms with E-state index in [-0.39, 0.29) is 35.4 Å².